The SMILES string of the molecule is O=C(N[C@H]1CN2CCC1CC2)c1ccc(-c2ncco2)s1. The normalized spacial score (nSPS) is 27.7. The molecule has 5 heterocycles. The van der Waals surface area contributed by atoms with Crippen molar-refractivity contribution < 1.29 is 9.21 Å². The van der Waals surface area contributed by atoms with Gasteiger partial charge in [-0.05, 0) is 44.0 Å². The van der Waals surface area contributed by atoms with Gasteiger partial charge in [0.2, 0.25) is 5.89 Å². The zero-order valence-electron chi connectivity index (χ0n) is 11.6. The zero-order valence-corrected chi connectivity index (χ0v) is 12.4. The summed E-state index contributed by atoms with van der Waals surface area (Å²) in [5.74, 6) is 1.24. The van der Waals surface area contributed by atoms with E-state index in [-0.39, 0.29) is 5.91 Å². The number of hydrogen-bond acceptors (Lipinski definition) is 5. The van der Waals surface area contributed by atoms with E-state index in [4.69, 9.17) is 4.42 Å². The van der Waals surface area contributed by atoms with Gasteiger partial charge in [-0.1, -0.05) is 0 Å². The first-order chi connectivity index (χ1) is 10.3. The van der Waals surface area contributed by atoms with Crippen LogP contribution in [0, 0.1) is 5.92 Å². The summed E-state index contributed by atoms with van der Waals surface area (Å²) in [6.07, 6.45) is 5.57. The van der Waals surface area contributed by atoms with E-state index in [1.54, 1.807) is 12.5 Å². The fraction of sp³-hybridized carbons (Fsp3) is 0.467. The van der Waals surface area contributed by atoms with Crippen LogP contribution in [0.5, 0.6) is 0 Å². The summed E-state index contributed by atoms with van der Waals surface area (Å²) in [6, 6.07) is 4.04. The van der Waals surface area contributed by atoms with Crippen molar-refractivity contribution in [2.75, 3.05) is 19.6 Å². The number of rotatable bonds is 3. The molecule has 0 saturated carbocycles. The highest BCUT2D eigenvalue weighted by molar-refractivity contribution is 7.17. The van der Waals surface area contributed by atoms with Gasteiger partial charge in [-0.15, -0.1) is 11.3 Å². The number of aromatic nitrogens is 1. The van der Waals surface area contributed by atoms with Crippen LogP contribution >= 0.6 is 11.3 Å². The maximum Gasteiger partial charge on any atom is 0.261 e. The van der Waals surface area contributed by atoms with Gasteiger partial charge in [0.15, 0.2) is 0 Å². The lowest BCUT2D eigenvalue weighted by Gasteiger charge is -2.44. The van der Waals surface area contributed by atoms with Crippen molar-refractivity contribution in [1.29, 1.82) is 0 Å². The Morgan fingerprint density at radius 1 is 1.38 bits per heavy atom. The molecule has 2 aromatic heterocycles. The molecule has 2 aromatic rings. The predicted octanol–water partition coefficient (Wildman–Crippen LogP) is 2.23. The molecule has 3 aliphatic rings. The molecule has 1 amide bonds. The molecule has 3 fully saturated rings. The lowest BCUT2D eigenvalue weighted by Crippen LogP contribution is -2.57. The van der Waals surface area contributed by atoms with E-state index in [2.05, 4.69) is 15.2 Å². The highest BCUT2D eigenvalue weighted by Crippen LogP contribution is 2.29. The Balaban J connectivity index is 1.46. The molecular formula is C15H17N3O2S. The predicted molar refractivity (Wildman–Crippen MR) is 80.2 cm³/mol. The first-order valence-electron chi connectivity index (χ1n) is 7.32. The van der Waals surface area contributed by atoms with Gasteiger partial charge in [0.05, 0.1) is 16.0 Å². The van der Waals surface area contributed by atoms with Crippen LogP contribution in [-0.4, -0.2) is 41.5 Å². The van der Waals surface area contributed by atoms with Crippen LogP contribution in [0.25, 0.3) is 10.8 Å². The van der Waals surface area contributed by atoms with Crippen LogP contribution in [-0.2, 0) is 0 Å². The molecule has 0 unspecified atom stereocenters. The van der Waals surface area contributed by atoms with Crippen molar-refractivity contribution in [2.24, 2.45) is 5.92 Å². The van der Waals surface area contributed by atoms with Crippen LogP contribution in [0.15, 0.2) is 29.0 Å². The van der Waals surface area contributed by atoms with Gasteiger partial charge < -0.3 is 14.6 Å². The highest BCUT2D eigenvalue weighted by atomic mass is 32.1. The van der Waals surface area contributed by atoms with Crippen LogP contribution < -0.4 is 5.32 Å². The lowest BCUT2D eigenvalue weighted by atomic mass is 9.84. The molecule has 5 rings (SSSR count). The van der Waals surface area contributed by atoms with E-state index in [9.17, 15) is 4.79 Å². The molecule has 2 bridgehead atoms. The molecule has 1 N–H and O–H groups in total. The number of carbonyl (C=O) groups is 1. The number of amides is 1. The van der Waals surface area contributed by atoms with E-state index in [1.165, 1.54) is 37.3 Å². The Hall–Kier alpha value is -1.66. The molecule has 21 heavy (non-hydrogen) atoms. The van der Waals surface area contributed by atoms with Crippen molar-refractivity contribution in [2.45, 2.75) is 18.9 Å². The van der Waals surface area contributed by atoms with Gasteiger partial charge in [-0.2, -0.15) is 0 Å². The Morgan fingerprint density at radius 3 is 2.90 bits per heavy atom. The summed E-state index contributed by atoms with van der Waals surface area (Å²) < 4.78 is 5.26. The van der Waals surface area contributed by atoms with Crippen molar-refractivity contribution in [3.05, 3.63) is 29.5 Å². The quantitative estimate of drug-likeness (QED) is 0.944. The number of fused-ring (bicyclic) bond motifs is 3. The largest absolute Gasteiger partial charge is 0.444 e. The molecule has 5 nitrogen and oxygen atoms in total. The summed E-state index contributed by atoms with van der Waals surface area (Å²) in [7, 11) is 0. The summed E-state index contributed by atoms with van der Waals surface area (Å²) in [6.45, 7) is 3.36. The van der Waals surface area contributed by atoms with Crippen LogP contribution in [0.3, 0.4) is 0 Å². The second-order valence-electron chi connectivity index (χ2n) is 5.72. The van der Waals surface area contributed by atoms with E-state index in [1.807, 2.05) is 12.1 Å². The number of oxazole rings is 1. The van der Waals surface area contributed by atoms with Crippen molar-refractivity contribution >= 4 is 17.2 Å². The standard InChI is InChI=1S/C15H17N3O2S/c19-14(17-11-9-18-6-3-10(11)4-7-18)12-1-2-13(21-12)15-16-5-8-20-15/h1-2,5,8,10-11H,3-4,6-7,9H2,(H,17,19)/t11-/m0/s1. The van der Waals surface area contributed by atoms with Crippen molar-refractivity contribution in [3.8, 4) is 10.8 Å². The topological polar surface area (TPSA) is 58.4 Å². The molecule has 0 aliphatic carbocycles. The van der Waals surface area contributed by atoms with Gasteiger partial charge in [0.25, 0.3) is 5.91 Å². The average Bonchev–Trinajstić information content (AvgIpc) is 3.20. The maximum atomic E-state index is 12.4. The summed E-state index contributed by atoms with van der Waals surface area (Å²) in [4.78, 5) is 20.6. The third-order valence-corrected chi connectivity index (χ3v) is 5.52. The molecule has 1 atom stereocenters. The fourth-order valence-electron chi connectivity index (χ4n) is 3.29. The Bertz CT molecular complexity index is 629. The number of thiophene rings is 1. The number of nitrogens with zero attached hydrogens (tertiary/aromatic N) is 2. The smallest absolute Gasteiger partial charge is 0.261 e. The molecule has 0 spiro atoms. The molecule has 3 saturated heterocycles. The van der Waals surface area contributed by atoms with E-state index >= 15 is 0 Å². The minimum atomic E-state index is 0.0246. The summed E-state index contributed by atoms with van der Waals surface area (Å²) in [5.41, 5.74) is 0. The zero-order chi connectivity index (χ0) is 14.2. The number of carbonyl (C=O) groups excluding carboxylic acids is 1. The number of hydrogen-bond donors (Lipinski definition) is 1. The van der Waals surface area contributed by atoms with E-state index in [0.29, 0.717) is 17.9 Å². The average molecular weight is 303 g/mol. The Labute approximate surface area is 127 Å². The third-order valence-electron chi connectivity index (χ3n) is 4.45. The van der Waals surface area contributed by atoms with Crippen molar-refractivity contribution in [1.82, 2.24) is 15.2 Å². The summed E-state index contributed by atoms with van der Waals surface area (Å²) in [5, 5.41) is 3.20. The van der Waals surface area contributed by atoms with Gasteiger partial charge in [0.1, 0.15) is 6.26 Å². The Morgan fingerprint density at radius 2 is 2.24 bits per heavy atom. The van der Waals surface area contributed by atoms with Crippen LogP contribution in [0.4, 0.5) is 0 Å². The molecule has 0 radical (unpaired) electrons. The van der Waals surface area contributed by atoms with Gasteiger partial charge in [0, 0.05) is 12.6 Å². The number of piperidine rings is 3. The fourth-order valence-corrected chi connectivity index (χ4v) is 4.14. The highest BCUT2D eigenvalue weighted by Gasteiger charge is 2.35. The second-order valence-corrected chi connectivity index (χ2v) is 6.80. The van der Waals surface area contributed by atoms with Crippen LogP contribution in [0.1, 0.15) is 22.5 Å². The second kappa shape index (κ2) is 5.27. The van der Waals surface area contributed by atoms with E-state index in [0.717, 1.165) is 16.3 Å². The third kappa shape index (κ3) is 2.49. The minimum absolute atomic E-state index is 0.0246. The molecular weight excluding hydrogens is 286 g/mol. The molecule has 6 heteroatoms. The first-order valence-corrected chi connectivity index (χ1v) is 8.14. The van der Waals surface area contributed by atoms with Crippen LogP contribution in [0.2, 0.25) is 0 Å². The molecule has 0 aromatic carbocycles. The number of nitrogens with one attached hydrogen (secondary N) is 1. The Kier molecular flexibility index (Phi) is 3.27. The molecule has 3 aliphatic heterocycles. The first kappa shape index (κ1) is 13.0. The van der Waals surface area contributed by atoms with Gasteiger partial charge >= 0.3 is 0 Å². The maximum absolute atomic E-state index is 12.4. The van der Waals surface area contributed by atoms with Crippen molar-refractivity contribution in [3.63, 3.8) is 0 Å². The van der Waals surface area contributed by atoms with E-state index < -0.39 is 0 Å². The van der Waals surface area contributed by atoms with Gasteiger partial charge in [-0.3, -0.25) is 4.79 Å². The lowest BCUT2D eigenvalue weighted by molar-refractivity contribution is 0.0622. The monoisotopic (exact) mass is 303 g/mol. The molecule has 110 valence electrons. The minimum Gasteiger partial charge on any atom is -0.444 e. The van der Waals surface area contributed by atoms with Gasteiger partial charge in [-0.25, -0.2) is 4.98 Å². The summed E-state index contributed by atoms with van der Waals surface area (Å²) >= 11 is 1.43.